The standard InChI is InChI=1S/C13H23N3/c1-10(2)7-6-8-11(3)14-13-9-12(4)16(5)15-13/h7,9,11H,6,8H2,1-5H3,(H,14,15). The summed E-state index contributed by atoms with van der Waals surface area (Å²) in [5, 5.41) is 7.80. The molecule has 0 aliphatic carbocycles. The molecule has 1 atom stereocenters. The molecule has 0 bridgehead atoms. The molecule has 1 heterocycles. The van der Waals surface area contributed by atoms with Gasteiger partial charge in [-0.25, -0.2) is 0 Å². The van der Waals surface area contributed by atoms with Crippen LogP contribution < -0.4 is 5.32 Å². The highest BCUT2D eigenvalue weighted by Crippen LogP contribution is 2.11. The van der Waals surface area contributed by atoms with Gasteiger partial charge in [-0.15, -0.1) is 0 Å². The van der Waals surface area contributed by atoms with Crippen molar-refractivity contribution in [3.8, 4) is 0 Å². The van der Waals surface area contributed by atoms with Gasteiger partial charge in [0, 0.05) is 24.8 Å². The van der Waals surface area contributed by atoms with Crippen molar-refractivity contribution in [3.05, 3.63) is 23.4 Å². The summed E-state index contributed by atoms with van der Waals surface area (Å²) < 4.78 is 1.89. The van der Waals surface area contributed by atoms with E-state index in [9.17, 15) is 0 Å². The van der Waals surface area contributed by atoms with Crippen LogP contribution in [-0.2, 0) is 7.05 Å². The molecule has 90 valence electrons. The largest absolute Gasteiger partial charge is 0.366 e. The molecule has 1 aromatic rings. The van der Waals surface area contributed by atoms with Crippen molar-refractivity contribution >= 4 is 5.82 Å². The Morgan fingerprint density at radius 3 is 2.75 bits per heavy atom. The molecule has 0 radical (unpaired) electrons. The number of aryl methyl sites for hydroxylation is 2. The summed E-state index contributed by atoms with van der Waals surface area (Å²) in [6.07, 6.45) is 4.55. The monoisotopic (exact) mass is 221 g/mol. The van der Waals surface area contributed by atoms with E-state index in [1.54, 1.807) is 0 Å². The maximum Gasteiger partial charge on any atom is 0.148 e. The molecule has 1 unspecified atom stereocenters. The maximum absolute atomic E-state index is 4.38. The highest BCUT2D eigenvalue weighted by molar-refractivity contribution is 5.36. The molecule has 0 spiro atoms. The molecule has 16 heavy (non-hydrogen) atoms. The number of anilines is 1. The van der Waals surface area contributed by atoms with Gasteiger partial charge in [0.2, 0.25) is 0 Å². The Hall–Kier alpha value is -1.25. The number of hydrogen-bond donors (Lipinski definition) is 1. The van der Waals surface area contributed by atoms with E-state index in [0.717, 1.165) is 18.7 Å². The van der Waals surface area contributed by atoms with Crippen LogP contribution in [0.5, 0.6) is 0 Å². The fraction of sp³-hybridized carbons (Fsp3) is 0.615. The third kappa shape index (κ3) is 4.09. The number of nitrogens with zero attached hydrogens (tertiary/aromatic N) is 2. The lowest BCUT2D eigenvalue weighted by Gasteiger charge is -2.11. The van der Waals surface area contributed by atoms with Gasteiger partial charge in [0.15, 0.2) is 0 Å². The zero-order valence-electron chi connectivity index (χ0n) is 11.0. The van der Waals surface area contributed by atoms with E-state index in [1.807, 2.05) is 11.7 Å². The summed E-state index contributed by atoms with van der Waals surface area (Å²) in [6, 6.07) is 2.54. The van der Waals surface area contributed by atoms with Gasteiger partial charge in [0.1, 0.15) is 5.82 Å². The molecular weight excluding hydrogens is 198 g/mol. The van der Waals surface area contributed by atoms with Crippen molar-refractivity contribution in [1.82, 2.24) is 9.78 Å². The van der Waals surface area contributed by atoms with Crippen molar-refractivity contribution in [2.75, 3.05) is 5.32 Å². The minimum atomic E-state index is 0.463. The number of hydrogen-bond acceptors (Lipinski definition) is 2. The van der Waals surface area contributed by atoms with Gasteiger partial charge in [-0.1, -0.05) is 11.6 Å². The first-order valence-electron chi connectivity index (χ1n) is 5.89. The lowest BCUT2D eigenvalue weighted by atomic mass is 10.1. The molecule has 0 aliphatic heterocycles. The van der Waals surface area contributed by atoms with E-state index in [-0.39, 0.29) is 0 Å². The van der Waals surface area contributed by atoms with Crippen LogP contribution in [0.3, 0.4) is 0 Å². The quantitative estimate of drug-likeness (QED) is 0.773. The smallest absolute Gasteiger partial charge is 0.148 e. The molecule has 0 saturated carbocycles. The Kier molecular flexibility index (Phi) is 4.59. The minimum Gasteiger partial charge on any atom is -0.366 e. The topological polar surface area (TPSA) is 29.9 Å². The predicted molar refractivity (Wildman–Crippen MR) is 69.7 cm³/mol. The molecule has 1 N–H and O–H groups in total. The average Bonchev–Trinajstić information content (AvgIpc) is 2.44. The Morgan fingerprint density at radius 1 is 1.56 bits per heavy atom. The molecule has 0 saturated heterocycles. The van der Waals surface area contributed by atoms with Crippen molar-refractivity contribution in [1.29, 1.82) is 0 Å². The highest BCUT2D eigenvalue weighted by Gasteiger charge is 2.04. The summed E-state index contributed by atoms with van der Waals surface area (Å²) in [5.74, 6) is 0.977. The average molecular weight is 221 g/mol. The summed E-state index contributed by atoms with van der Waals surface area (Å²) >= 11 is 0. The third-order valence-corrected chi connectivity index (χ3v) is 2.66. The van der Waals surface area contributed by atoms with Gasteiger partial charge in [0.05, 0.1) is 0 Å². The Morgan fingerprint density at radius 2 is 2.25 bits per heavy atom. The van der Waals surface area contributed by atoms with Crippen molar-refractivity contribution in [3.63, 3.8) is 0 Å². The van der Waals surface area contributed by atoms with Gasteiger partial charge in [-0.3, -0.25) is 4.68 Å². The second-order valence-electron chi connectivity index (χ2n) is 4.70. The molecule has 1 rings (SSSR count). The van der Waals surface area contributed by atoms with E-state index in [0.29, 0.717) is 6.04 Å². The van der Waals surface area contributed by atoms with E-state index >= 15 is 0 Å². The van der Waals surface area contributed by atoms with E-state index < -0.39 is 0 Å². The van der Waals surface area contributed by atoms with Gasteiger partial charge in [-0.2, -0.15) is 5.10 Å². The second kappa shape index (κ2) is 5.73. The number of aromatic nitrogens is 2. The Balaban J connectivity index is 2.39. The Bertz CT molecular complexity index is 340. The fourth-order valence-corrected chi connectivity index (χ4v) is 1.58. The SMILES string of the molecule is CC(C)=CCCC(C)Nc1cc(C)n(C)n1. The Labute approximate surface area is 98.5 Å². The normalized spacial score (nSPS) is 12.3. The molecule has 3 heteroatoms. The van der Waals surface area contributed by atoms with Crippen molar-refractivity contribution in [2.24, 2.45) is 7.05 Å². The third-order valence-electron chi connectivity index (χ3n) is 2.66. The molecule has 0 fully saturated rings. The lowest BCUT2D eigenvalue weighted by molar-refractivity contribution is 0.698. The first-order valence-corrected chi connectivity index (χ1v) is 5.89. The lowest BCUT2D eigenvalue weighted by Crippen LogP contribution is -2.15. The van der Waals surface area contributed by atoms with Crippen LogP contribution in [0.1, 0.15) is 39.3 Å². The van der Waals surface area contributed by atoms with Crippen LogP contribution >= 0.6 is 0 Å². The maximum atomic E-state index is 4.38. The summed E-state index contributed by atoms with van der Waals surface area (Å²) in [6.45, 7) is 8.54. The molecule has 3 nitrogen and oxygen atoms in total. The van der Waals surface area contributed by atoms with E-state index in [4.69, 9.17) is 0 Å². The van der Waals surface area contributed by atoms with Gasteiger partial charge < -0.3 is 5.32 Å². The van der Waals surface area contributed by atoms with Gasteiger partial charge >= 0.3 is 0 Å². The number of nitrogens with one attached hydrogen (secondary N) is 1. The van der Waals surface area contributed by atoms with E-state index in [1.165, 1.54) is 11.3 Å². The highest BCUT2D eigenvalue weighted by atomic mass is 15.3. The van der Waals surface area contributed by atoms with Gasteiger partial charge in [-0.05, 0) is 40.5 Å². The molecule has 0 aliphatic rings. The van der Waals surface area contributed by atoms with Crippen LogP contribution in [0.25, 0.3) is 0 Å². The van der Waals surface area contributed by atoms with Crippen LogP contribution in [0.4, 0.5) is 5.82 Å². The minimum absolute atomic E-state index is 0.463. The summed E-state index contributed by atoms with van der Waals surface area (Å²) in [4.78, 5) is 0. The number of rotatable bonds is 5. The zero-order valence-corrected chi connectivity index (χ0v) is 11.0. The summed E-state index contributed by atoms with van der Waals surface area (Å²) in [7, 11) is 1.97. The molecule has 0 aromatic carbocycles. The van der Waals surface area contributed by atoms with Crippen molar-refractivity contribution < 1.29 is 0 Å². The van der Waals surface area contributed by atoms with Gasteiger partial charge in [0.25, 0.3) is 0 Å². The second-order valence-corrected chi connectivity index (χ2v) is 4.70. The van der Waals surface area contributed by atoms with Crippen molar-refractivity contribution in [2.45, 2.75) is 46.6 Å². The predicted octanol–water partition coefficient (Wildman–Crippen LogP) is 3.28. The van der Waals surface area contributed by atoms with Crippen LogP contribution in [0.15, 0.2) is 17.7 Å². The van der Waals surface area contributed by atoms with Crippen LogP contribution in [-0.4, -0.2) is 15.8 Å². The first-order chi connectivity index (χ1) is 7.49. The summed E-state index contributed by atoms with van der Waals surface area (Å²) in [5.41, 5.74) is 2.57. The zero-order chi connectivity index (χ0) is 12.1. The molecular formula is C13H23N3. The van der Waals surface area contributed by atoms with Crippen LogP contribution in [0, 0.1) is 6.92 Å². The van der Waals surface area contributed by atoms with E-state index in [2.05, 4.69) is 50.3 Å². The van der Waals surface area contributed by atoms with Crippen LogP contribution in [0.2, 0.25) is 0 Å². The number of allylic oxidation sites excluding steroid dienone is 2. The molecule has 1 aromatic heterocycles. The fourth-order valence-electron chi connectivity index (χ4n) is 1.58. The molecule has 0 amide bonds. The first kappa shape index (κ1) is 12.8.